The molecule has 2 N–H and O–H groups in total. The molecule has 4 rings (SSSR count). The molecular weight excluding hydrogens is 302 g/mol. The van der Waals surface area contributed by atoms with Crippen molar-refractivity contribution in [2.75, 3.05) is 5.73 Å². The number of fused-ring (bicyclic) bond motifs is 1. The van der Waals surface area contributed by atoms with Gasteiger partial charge < -0.3 is 5.73 Å². The lowest BCUT2D eigenvalue weighted by atomic mass is 10.1. The molecule has 0 bridgehead atoms. The number of nitrogen functional groups attached to an aromatic ring is 1. The van der Waals surface area contributed by atoms with Crippen LogP contribution in [0.15, 0.2) is 41.3 Å². The number of rotatable bonds is 3. The fraction of sp³-hybridized carbons (Fsp3) is 0.222. The molecule has 1 aromatic carbocycles. The van der Waals surface area contributed by atoms with Crippen molar-refractivity contribution < 1.29 is 0 Å². The molecule has 0 aliphatic heterocycles. The smallest absolute Gasteiger partial charge is 0.278 e. The molecule has 6 heteroatoms. The zero-order valence-corrected chi connectivity index (χ0v) is 12.9. The minimum Gasteiger partial charge on any atom is -0.397 e. The molecule has 0 unspecified atom stereocenters. The van der Waals surface area contributed by atoms with E-state index in [0.717, 1.165) is 12.8 Å². The van der Waals surface area contributed by atoms with Crippen LogP contribution in [0.4, 0.5) is 5.69 Å². The van der Waals surface area contributed by atoms with Crippen LogP contribution in [0, 0.1) is 17.2 Å². The van der Waals surface area contributed by atoms with Crippen molar-refractivity contribution in [3.63, 3.8) is 0 Å². The van der Waals surface area contributed by atoms with Crippen LogP contribution < -0.4 is 11.3 Å². The Morgan fingerprint density at radius 2 is 2.17 bits per heavy atom. The summed E-state index contributed by atoms with van der Waals surface area (Å²) in [5.41, 5.74) is 8.81. The van der Waals surface area contributed by atoms with Gasteiger partial charge in [0.2, 0.25) is 0 Å². The summed E-state index contributed by atoms with van der Waals surface area (Å²) in [4.78, 5) is 21.8. The van der Waals surface area contributed by atoms with Gasteiger partial charge in [0.05, 0.1) is 17.3 Å². The Kier molecular flexibility index (Phi) is 3.28. The van der Waals surface area contributed by atoms with E-state index >= 15 is 0 Å². The first-order valence-corrected chi connectivity index (χ1v) is 7.83. The predicted octanol–water partition coefficient (Wildman–Crippen LogP) is 2.32. The van der Waals surface area contributed by atoms with Gasteiger partial charge in [-0.1, -0.05) is 12.1 Å². The van der Waals surface area contributed by atoms with Crippen LogP contribution in [-0.4, -0.2) is 14.5 Å². The lowest BCUT2D eigenvalue weighted by Gasteiger charge is -2.12. The van der Waals surface area contributed by atoms with E-state index in [1.54, 1.807) is 41.1 Å². The van der Waals surface area contributed by atoms with Gasteiger partial charge in [0.25, 0.3) is 5.56 Å². The van der Waals surface area contributed by atoms with Crippen LogP contribution in [0.25, 0.3) is 22.4 Å². The Morgan fingerprint density at radius 3 is 2.92 bits per heavy atom. The predicted molar refractivity (Wildman–Crippen MR) is 91.1 cm³/mol. The standard InChI is InChI=1S/C18H15N5O/c19-9-12-2-1-3-13(8-12)15-18(24)23(10-11-4-5-11)17-16(22-15)14(20)6-7-21-17/h1-3,6-8,11H,4-5,10H2,(H2,20,21). The van der Waals surface area contributed by atoms with E-state index in [1.807, 2.05) is 0 Å². The number of hydrogen-bond acceptors (Lipinski definition) is 5. The van der Waals surface area contributed by atoms with Crippen molar-refractivity contribution >= 4 is 16.9 Å². The largest absolute Gasteiger partial charge is 0.397 e. The van der Waals surface area contributed by atoms with Gasteiger partial charge in [0, 0.05) is 18.3 Å². The van der Waals surface area contributed by atoms with Crippen molar-refractivity contribution in [3.05, 3.63) is 52.4 Å². The molecule has 1 aliphatic rings. The number of aromatic nitrogens is 3. The Hall–Kier alpha value is -3.20. The normalized spacial score (nSPS) is 13.8. The summed E-state index contributed by atoms with van der Waals surface area (Å²) in [5, 5.41) is 9.09. The minimum absolute atomic E-state index is 0.192. The second kappa shape index (κ2) is 5.46. The number of anilines is 1. The molecule has 24 heavy (non-hydrogen) atoms. The van der Waals surface area contributed by atoms with Gasteiger partial charge in [0.15, 0.2) is 5.65 Å². The molecule has 1 saturated carbocycles. The summed E-state index contributed by atoms with van der Waals surface area (Å²) in [6.07, 6.45) is 3.84. The molecular formula is C18H15N5O. The van der Waals surface area contributed by atoms with Gasteiger partial charge >= 0.3 is 0 Å². The topological polar surface area (TPSA) is 97.6 Å². The average molecular weight is 317 g/mol. The van der Waals surface area contributed by atoms with Gasteiger partial charge in [-0.2, -0.15) is 5.26 Å². The van der Waals surface area contributed by atoms with E-state index in [2.05, 4.69) is 16.0 Å². The lowest BCUT2D eigenvalue weighted by Crippen LogP contribution is -2.25. The molecule has 2 heterocycles. The highest BCUT2D eigenvalue weighted by molar-refractivity contribution is 5.85. The quantitative estimate of drug-likeness (QED) is 0.799. The van der Waals surface area contributed by atoms with Crippen molar-refractivity contribution in [3.8, 4) is 17.3 Å². The Balaban J connectivity index is 2.01. The molecule has 0 atom stereocenters. The Bertz CT molecular complexity index is 1040. The highest BCUT2D eigenvalue weighted by atomic mass is 16.1. The first-order valence-electron chi connectivity index (χ1n) is 7.83. The highest BCUT2D eigenvalue weighted by Gasteiger charge is 2.25. The summed E-state index contributed by atoms with van der Waals surface area (Å²) in [6, 6.07) is 10.7. The molecule has 0 radical (unpaired) electrons. The Labute approximate surface area is 138 Å². The Morgan fingerprint density at radius 1 is 1.33 bits per heavy atom. The highest BCUT2D eigenvalue weighted by Crippen LogP contribution is 2.31. The molecule has 6 nitrogen and oxygen atoms in total. The van der Waals surface area contributed by atoms with Crippen molar-refractivity contribution in [1.82, 2.24) is 14.5 Å². The SMILES string of the molecule is N#Cc1cccc(-c2nc3c(N)ccnc3n(CC3CC3)c2=O)c1. The molecule has 0 spiro atoms. The summed E-state index contributed by atoms with van der Waals surface area (Å²) in [5.74, 6) is 0.509. The number of hydrogen-bond donors (Lipinski definition) is 1. The van der Waals surface area contributed by atoms with E-state index in [4.69, 9.17) is 11.0 Å². The third-order valence-corrected chi connectivity index (χ3v) is 4.27. The summed E-state index contributed by atoms with van der Waals surface area (Å²) >= 11 is 0. The first kappa shape index (κ1) is 14.4. The lowest BCUT2D eigenvalue weighted by molar-refractivity contribution is 0.620. The van der Waals surface area contributed by atoms with E-state index in [1.165, 1.54) is 0 Å². The van der Waals surface area contributed by atoms with E-state index in [-0.39, 0.29) is 5.56 Å². The van der Waals surface area contributed by atoms with Crippen LogP contribution in [0.1, 0.15) is 18.4 Å². The van der Waals surface area contributed by atoms with Crippen LogP contribution >= 0.6 is 0 Å². The van der Waals surface area contributed by atoms with Gasteiger partial charge in [-0.15, -0.1) is 0 Å². The summed E-state index contributed by atoms with van der Waals surface area (Å²) in [6.45, 7) is 0.624. The number of nitriles is 1. The molecule has 3 aromatic rings. The van der Waals surface area contributed by atoms with Crippen molar-refractivity contribution in [2.24, 2.45) is 5.92 Å². The van der Waals surface area contributed by atoms with Crippen molar-refractivity contribution in [2.45, 2.75) is 19.4 Å². The monoisotopic (exact) mass is 317 g/mol. The molecule has 0 amide bonds. The summed E-state index contributed by atoms with van der Waals surface area (Å²) < 4.78 is 1.67. The maximum Gasteiger partial charge on any atom is 0.278 e. The fourth-order valence-electron chi connectivity index (χ4n) is 2.81. The second-order valence-corrected chi connectivity index (χ2v) is 6.08. The van der Waals surface area contributed by atoms with Gasteiger partial charge in [-0.05, 0) is 37.0 Å². The second-order valence-electron chi connectivity index (χ2n) is 6.08. The van der Waals surface area contributed by atoms with Gasteiger partial charge in [-0.3, -0.25) is 9.36 Å². The van der Waals surface area contributed by atoms with Crippen molar-refractivity contribution in [1.29, 1.82) is 5.26 Å². The molecule has 118 valence electrons. The van der Waals surface area contributed by atoms with Gasteiger partial charge in [0.1, 0.15) is 11.2 Å². The van der Waals surface area contributed by atoms with E-state index in [0.29, 0.717) is 46.1 Å². The van der Waals surface area contributed by atoms with Crippen LogP contribution in [-0.2, 0) is 6.54 Å². The fourth-order valence-corrected chi connectivity index (χ4v) is 2.81. The molecule has 0 saturated heterocycles. The average Bonchev–Trinajstić information content (AvgIpc) is 3.42. The molecule has 2 aromatic heterocycles. The van der Waals surface area contributed by atoms with Crippen LogP contribution in [0.2, 0.25) is 0 Å². The number of nitrogens with zero attached hydrogens (tertiary/aromatic N) is 4. The zero-order valence-electron chi connectivity index (χ0n) is 12.9. The maximum atomic E-state index is 13.0. The third-order valence-electron chi connectivity index (χ3n) is 4.27. The number of nitrogens with two attached hydrogens (primary N) is 1. The molecule has 1 aliphatic carbocycles. The van der Waals surface area contributed by atoms with E-state index < -0.39 is 0 Å². The number of pyridine rings is 1. The minimum atomic E-state index is -0.192. The maximum absolute atomic E-state index is 13.0. The van der Waals surface area contributed by atoms with Crippen LogP contribution in [0.3, 0.4) is 0 Å². The first-order chi connectivity index (χ1) is 11.7. The number of benzene rings is 1. The van der Waals surface area contributed by atoms with Gasteiger partial charge in [-0.25, -0.2) is 9.97 Å². The zero-order chi connectivity index (χ0) is 16.7. The van der Waals surface area contributed by atoms with Crippen LogP contribution in [0.5, 0.6) is 0 Å². The van der Waals surface area contributed by atoms with E-state index in [9.17, 15) is 4.79 Å². The molecule has 1 fully saturated rings. The summed E-state index contributed by atoms with van der Waals surface area (Å²) in [7, 11) is 0. The third kappa shape index (κ3) is 2.40.